The Hall–Kier alpha value is -1.97. The number of guanidine groups is 1. The van der Waals surface area contributed by atoms with Crippen LogP contribution in [-0.2, 0) is 6.54 Å². The number of ether oxygens (including phenoxy) is 1. The summed E-state index contributed by atoms with van der Waals surface area (Å²) in [5.74, 6) is 2.46. The average Bonchev–Trinajstić information content (AvgIpc) is 3.05. The Morgan fingerprint density at radius 2 is 2.00 bits per heavy atom. The molecule has 4 heteroatoms. The molecule has 0 unspecified atom stereocenters. The van der Waals surface area contributed by atoms with Crippen LogP contribution in [0.25, 0.3) is 0 Å². The third kappa shape index (κ3) is 5.97. The summed E-state index contributed by atoms with van der Waals surface area (Å²) < 4.78 is 5.94. The van der Waals surface area contributed by atoms with Gasteiger partial charge < -0.3 is 15.4 Å². The fraction of sp³-hybridized carbons (Fsp3) is 0.526. The van der Waals surface area contributed by atoms with Crippen molar-refractivity contribution in [2.75, 3.05) is 13.7 Å². The molecule has 1 aromatic carbocycles. The van der Waals surface area contributed by atoms with Gasteiger partial charge in [-0.1, -0.05) is 44.2 Å². The van der Waals surface area contributed by atoms with Crippen molar-refractivity contribution in [3.05, 3.63) is 42.0 Å². The normalized spacial score (nSPS) is 15.2. The van der Waals surface area contributed by atoms with Crippen LogP contribution in [0.4, 0.5) is 0 Å². The van der Waals surface area contributed by atoms with Crippen LogP contribution in [0.1, 0.15) is 38.7 Å². The van der Waals surface area contributed by atoms with Gasteiger partial charge in [-0.05, 0) is 31.2 Å². The first-order valence-corrected chi connectivity index (χ1v) is 8.52. The molecule has 0 saturated heterocycles. The molecule has 0 aromatic heterocycles. The van der Waals surface area contributed by atoms with Gasteiger partial charge in [0.2, 0.25) is 0 Å². The summed E-state index contributed by atoms with van der Waals surface area (Å²) in [6, 6.07) is 8.66. The van der Waals surface area contributed by atoms with Crippen molar-refractivity contribution in [2.45, 2.75) is 45.7 Å². The van der Waals surface area contributed by atoms with Crippen molar-refractivity contribution in [1.29, 1.82) is 0 Å². The smallest absolute Gasteiger partial charge is 0.191 e. The van der Waals surface area contributed by atoms with Gasteiger partial charge in [-0.15, -0.1) is 0 Å². The molecular formula is C19H29N3O. The molecule has 0 atom stereocenters. The van der Waals surface area contributed by atoms with Crippen LogP contribution in [0, 0.1) is 5.92 Å². The Labute approximate surface area is 140 Å². The minimum Gasteiger partial charge on any atom is -0.493 e. The van der Waals surface area contributed by atoms with Crippen LogP contribution in [0.5, 0.6) is 5.75 Å². The average molecular weight is 315 g/mol. The first-order chi connectivity index (χ1) is 11.2. The SMILES string of the molecule is CN=C(NCc1ccccc1OCCC(C)C)NC1CC=CC1. The van der Waals surface area contributed by atoms with E-state index in [2.05, 4.69) is 47.7 Å². The van der Waals surface area contributed by atoms with Crippen molar-refractivity contribution in [2.24, 2.45) is 10.9 Å². The zero-order chi connectivity index (χ0) is 16.5. The lowest BCUT2D eigenvalue weighted by atomic mass is 10.1. The van der Waals surface area contributed by atoms with Gasteiger partial charge in [-0.25, -0.2) is 0 Å². The molecule has 0 bridgehead atoms. The van der Waals surface area contributed by atoms with Gasteiger partial charge in [-0.3, -0.25) is 4.99 Å². The molecule has 0 aliphatic heterocycles. The molecule has 0 heterocycles. The molecule has 0 saturated carbocycles. The van der Waals surface area contributed by atoms with Crippen molar-refractivity contribution in [1.82, 2.24) is 10.6 Å². The third-order valence-corrected chi connectivity index (χ3v) is 3.94. The Kier molecular flexibility index (Phi) is 6.98. The second-order valence-electron chi connectivity index (χ2n) is 6.35. The lowest BCUT2D eigenvalue weighted by Crippen LogP contribution is -2.42. The number of hydrogen-bond acceptors (Lipinski definition) is 2. The Bertz CT molecular complexity index is 529. The second-order valence-corrected chi connectivity index (χ2v) is 6.35. The molecule has 23 heavy (non-hydrogen) atoms. The summed E-state index contributed by atoms with van der Waals surface area (Å²) in [6.45, 7) is 5.89. The predicted octanol–water partition coefficient (Wildman–Crippen LogP) is 3.50. The van der Waals surface area contributed by atoms with Gasteiger partial charge in [0.15, 0.2) is 5.96 Å². The van der Waals surface area contributed by atoms with Gasteiger partial charge in [0.1, 0.15) is 5.75 Å². The minimum absolute atomic E-state index is 0.457. The first kappa shape index (κ1) is 17.4. The van der Waals surface area contributed by atoms with Gasteiger partial charge >= 0.3 is 0 Å². The fourth-order valence-electron chi connectivity index (χ4n) is 2.50. The highest BCUT2D eigenvalue weighted by Gasteiger charge is 2.12. The highest BCUT2D eigenvalue weighted by molar-refractivity contribution is 5.80. The summed E-state index contributed by atoms with van der Waals surface area (Å²) in [6.07, 6.45) is 7.62. The van der Waals surface area contributed by atoms with E-state index in [1.807, 2.05) is 25.2 Å². The Morgan fingerprint density at radius 1 is 1.26 bits per heavy atom. The molecule has 0 spiro atoms. The van der Waals surface area contributed by atoms with Gasteiger partial charge in [-0.2, -0.15) is 0 Å². The van der Waals surface area contributed by atoms with Crippen LogP contribution < -0.4 is 15.4 Å². The molecule has 0 radical (unpaired) electrons. The predicted molar refractivity (Wildman–Crippen MR) is 96.9 cm³/mol. The summed E-state index contributed by atoms with van der Waals surface area (Å²) in [5.41, 5.74) is 1.16. The highest BCUT2D eigenvalue weighted by Crippen LogP contribution is 2.18. The van der Waals surface area contributed by atoms with E-state index in [-0.39, 0.29) is 0 Å². The largest absolute Gasteiger partial charge is 0.493 e. The summed E-state index contributed by atoms with van der Waals surface area (Å²) in [7, 11) is 1.81. The lowest BCUT2D eigenvalue weighted by molar-refractivity contribution is 0.286. The van der Waals surface area contributed by atoms with E-state index in [0.717, 1.165) is 43.1 Å². The Morgan fingerprint density at radius 3 is 2.70 bits per heavy atom. The maximum atomic E-state index is 5.94. The minimum atomic E-state index is 0.457. The monoisotopic (exact) mass is 315 g/mol. The van der Waals surface area contributed by atoms with Crippen molar-refractivity contribution in [3.8, 4) is 5.75 Å². The molecule has 1 aliphatic carbocycles. The summed E-state index contributed by atoms with van der Waals surface area (Å²) in [5, 5.41) is 6.83. The number of nitrogens with one attached hydrogen (secondary N) is 2. The standard InChI is InChI=1S/C19H29N3O/c1-15(2)12-13-23-18-11-7-4-8-16(18)14-21-19(20-3)22-17-9-5-6-10-17/h4-8,11,15,17H,9-10,12-14H2,1-3H3,(H2,20,21,22). The number of hydrogen-bond donors (Lipinski definition) is 2. The Balaban J connectivity index is 1.86. The van der Waals surface area contributed by atoms with E-state index in [9.17, 15) is 0 Å². The van der Waals surface area contributed by atoms with E-state index in [4.69, 9.17) is 4.74 Å². The third-order valence-electron chi connectivity index (χ3n) is 3.94. The van der Waals surface area contributed by atoms with Gasteiger partial charge in [0.25, 0.3) is 0 Å². The number of aliphatic imine (C=N–C) groups is 1. The molecule has 0 fully saturated rings. The second kappa shape index (κ2) is 9.23. The van der Waals surface area contributed by atoms with E-state index >= 15 is 0 Å². The summed E-state index contributed by atoms with van der Waals surface area (Å²) in [4.78, 5) is 4.31. The molecule has 2 N–H and O–H groups in total. The topological polar surface area (TPSA) is 45.7 Å². The van der Waals surface area contributed by atoms with E-state index in [1.165, 1.54) is 0 Å². The highest BCUT2D eigenvalue weighted by atomic mass is 16.5. The summed E-state index contributed by atoms with van der Waals surface area (Å²) >= 11 is 0. The molecule has 126 valence electrons. The molecule has 2 rings (SSSR count). The van der Waals surface area contributed by atoms with Crippen molar-refractivity contribution >= 4 is 5.96 Å². The number of nitrogens with zero attached hydrogens (tertiary/aromatic N) is 1. The molecule has 0 amide bonds. The van der Waals surface area contributed by atoms with Crippen LogP contribution in [-0.4, -0.2) is 25.7 Å². The van der Waals surface area contributed by atoms with E-state index in [1.54, 1.807) is 0 Å². The number of para-hydroxylation sites is 1. The molecule has 1 aliphatic rings. The molecule has 4 nitrogen and oxygen atoms in total. The van der Waals surface area contributed by atoms with Crippen LogP contribution in [0.15, 0.2) is 41.4 Å². The number of benzene rings is 1. The van der Waals surface area contributed by atoms with Gasteiger partial charge in [0, 0.05) is 25.2 Å². The van der Waals surface area contributed by atoms with Crippen molar-refractivity contribution < 1.29 is 4.74 Å². The zero-order valence-electron chi connectivity index (χ0n) is 14.5. The first-order valence-electron chi connectivity index (χ1n) is 8.52. The van der Waals surface area contributed by atoms with Gasteiger partial charge in [0.05, 0.1) is 6.61 Å². The van der Waals surface area contributed by atoms with Crippen LogP contribution >= 0.6 is 0 Å². The van der Waals surface area contributed by atoms with Crippen LogP contribution in [0.3, 0.4) is 0 Å². The van der Waals surface area contributed by atoms with Crippen molar-refractivity contribution in [3.63, 3.8) is 0 Å². The quantitative estimate of drug-likeness (QED) is 0.460. The number of rotatable bonds is 7. The van der Waals surface area contributed by atoms with Crippen LogP contribution in [0.2, 0.25) is 0 Å². The van der Waals surface area contributed by atoms with E-state index < -0.39 is 0 Å². The maximum Gasteiger partial charge on any atom is 0.191 e. The van der Waals surface area contributed by atoms with E-state index in [0.29, 0.717) is 18.5 Å². The lowest BCUT2D eigenvalue weighted by Gasteiger charge is -2.18. The molecule has 1 aromatic rings. The molecular weight excluding hydrogens is 286 g/mol. The zero-order valence-corrected chi connectivity index (χ0v) is 14.5. The fourth-order valence-corrected chi connectivity index (χ4v) is 2.50. The maximum absolute atomic E-state index is 5.94.